The highest BCUT2D eigenvalue weighted by molar-refractivity contribution is 7.89. The Labute approximate surface area is 173 Å². The molecule has 9 nitrogen and oxygen atoms in total. The molecule has 0 heterocycles. The summed E-state index contributed by atoms with van der Waals surface area (Å²) in [6.07, 6.45) is 1.47. The van der Waals surface area contributed by atoms with E-state index in [9.17, 15) is 18.5 Å². The van der Waals surface area contributed by atoms with E-state index in [0.717, 1.165) is 17.2 Å². The Kier molecular flexibility index (Phi) is 6.40. The number of hydrazone groups is 1. The number of benzene rings is 3. The standard InChI is InChI=1S/C20H18N4O5S/c21-30(27,28)18-10-11-19(20(12-18)24(25)26)23-22-13-15-6-8-17(9-7-15)29-14-16-4-2-1-3-5-16/h1-13,23H,14H2,(H2,21,27,28). The van der Waals surface area contributed by atoms with E-state index < -0.39 is 20.6 Å². The van der Waals surface area contributed by atoms with Crippen LogP contribution in [0.5, 0.6) is 5.75 Å². The van der Waals surface area contributed by atoms with Crippen LogP contribution in [-0.4, -0.2) is 19.6 Å². The van der Waals surface area contributed by atoms with Gasteiger partial charge in [0.25, 0.3) is 5.69 Å². The zero-order chi connectivity index (χ0) is 21.6. The number of nitrogens with one attached hydrogen (secondary N) is 1. The second-order valence-corrected chi connectivity index (χ2v) is 7.76. The fraction of sp³-hybridized carbons (Fsp3) is 0.0500. The van der Waals surface area contributed by atoms with E-state index in [4.69, 9.17) is 9.88 Å². The van der Waals surface area contributed by atoms with Crippen LogP contribution < -0.4 is 15.3 Å². The van der Waals surface area contributed by atoms with Gasteiger partial charge in [-0.05, 0) is 47.5 Å². The van der Waals surface area contributed by atoms with Crippen molar-refractivity contribution in [3.05, 3.63) is 94.0 Å². The number of sulfonamides is 1. The van der Waals surface area contributed by atoms with Crippen LogP contribution >= 0.6 is 0 Å². The van der Waals surface area contributed by atoms with Gasteiger partial charge in [0.15, 0.2) is 0 Å². The Morgan fingerprint density at radius 2 is 1.77 bits per heavy atom. The summed E-state index contributed by atoms with van der Waals surface area (Å²) in [4.78, 5) is 10.1. The molecule has 0 fully saturated rings. The molecule has 154 valence electrons. The second-order valence-electron chi connectivity index (χ2n) is 6.19. The minimum absolute atomic E-state index is 0.0338. The summed E-state index contributed by atoms with van der Waals surface area (Å²) < 4.78 is 28.4. The molecule has 3 aromatic rings. The van der Waals surface area contributed by atoms with Crippen molar-refractivity contribution in [3.8, 4) is 5.75 Å². The maximum atomic E-state index is 11.4. The molecule has 0 unspecified atom stereocenters. The van der Waals surface area contributed by atoms with Crippen molar-refractivity contribution < 1.29 is 18.1 Å². The largest absolute Gasteiger partial charge is 0.489 e. The number of hydrogen-bond donors (Lipinski definition) is 2. The average molecular weight is 426 g/mol. The molecular formula is C20H18N4O5S. The van der Waals surface area contributed by atoms with Gasteiger partial charge < -0.3 is 4.74 Å². The van der Waals surface area contributed by atoms with Crippen LogP contribution in [0.4, 0.5) is 11.4 Å². The lowest BCUT2D eigenvalue weighted by atomic mass is 10.2. The first kappa shape index (κ1) is 21.0. The molecule has 0 aromatic heterocycles. The number of nitro groups is 1. The fourth-order valence-corrected chi connectivity index (χ4v) is 3.04. The number of nitrogens with zero attached hydrogens (tertiary/aromatic N) is 2. The molecule has 0 aliphatic carbocycles. The van der Waals surface area contributed by atoms with Crippen molar-refractivity contribution >= 4 is 27.6 Å². The first-order valence-electron chi connectivity index (χ1n) is 8.70. The number of hydrogen-bond acceptors (Lipinski definition) is 7. The quantitative estimate of drug-likeness (QED) is 0.322. The third-order valence-electron chi connectivity index (χ3n) is 4.02. The Hall–Kier alpha value is -3.76. The molecule has 0 aliphatic heterocycles. The minimum atomic E-state index is -4.05. The van der Waals surface area contributed by atoms with Crippen molar-refractivity contribution in [3.63, 3.8) is 0 Å². The van der Waals surface area contributed by atoms with Crippen molar-refractivity contribution in [2.45, 2.75) is 11.5 Å². The molecule has 10 heteroatoms. The van der Waals surface area contributed by atoms with Crippen LogP contribution in [0.15, 0.2) is 82.8 Å². The molecule has 0 saturated carbocycles. The maximum Gasteiger partial charge on any atom is 0.295 e. The van der Waals surface area contributed by atoms with E-state index in [1.165, 1.54) is 18.3 Å². The molecule has 3 N–H and O–H groups in total. The lowest BCUT2D eigenvalue weighted by molar-refractivity contribution is -0.384. The highest BCUT2D eigenvalue weighted by Crippen LogP contribution is 2.27. The van der Waals surface area contributed by atoms with Gasteiger partial charge in [-0.25, -0.2) is 13.6 Å². The Balaban J connectivity index is 1.64. The van der Waals surface area contributed by atoms with Crippen LogP contribution in [0.3, 0.4) is 0 Å². The Morgan fingerprint density at radius 3 is 2.40 bits per heavy atom. The summed E-state index contributed by atoms with van der Waals surface area (Å²) in [6.45, 7) is 0.452. The average Bonchev–Trinajstić information content (AvgIpc) is 2.73. The molecule has 0 radical (unpaired) electrons. The summed E-state index contributed by atoms with van der Waals surface area (Å²) >= 11 is 0. The Morgan fingerprint density at radius 1 is 1.07 bits per heavy atom. The molecule has 0 atom stereocenters. The molecule has 0 aliphatic rings. The zero-order valence-electron chi connectivity index (χ0n) is 15.6. The molecular weight excluding hydrogens is 408 g/mol. The van der Waals surface area contributed by atoms with E-state index in [1.807, 2.05) is 30.3 Å². The minimum Gasteiger partial charge on any atom is -0.489 e. The third kappa shape index (κ3) is 5.63. The van der Waals surface area contributed by atoms with Crippen LogP contribution in [0, 0.1) is 10.1 Å². The Bertz CT molecular complexity index is 1160. The highest BCUT2D eigenvalue weighted by atomic mass is 32.2. The van der Waals surface area contributed by atoms with Crippen molar-refractivity contribution in [1.82, 2.24) is 0 Å². The van der Waals surface area contributed by atoms with E-state index in [-0.39, 0.29) is 10.6 Å². The summed E-state index contributed by atoms with van der Waals surface area (Å²) in [5.74, 6) is 0.693. The first-order valence-corrected chi connectivity index (χ1v) is 10.2. The first-order chi connectivity index (χ1) is 14.3. The highest BCUT2D eigenvalue weighted by Gasteiger charge is 2.18. The van der Waals surface area contributed by atoms with Gasteiger partial charge >= 0.3 is 0 Å². The van der Waals surface area contributed by atoms with Crippen molar-refractivity contribution in [2.75, 3.05) is 5.43 Å². The van der Waals surface area contributed by atoms with E-state index in [0.29, 0.717) is 12.4 Å². The van der Waals surface area contributed by atoms with Gasteiger partial charge in [-0.3, -0.25) is 15.5 Å². The van der Waals surface area contributed by atoms with Crippen LogP contribution in [0.25, 0.3) is 0 Å². The van der Waals surface area contributed by atoms with Gasteiger partial charge in [0.05, 0.1) is 16.0 Å². The number of anilines is 1. The molecule has 0 saturated heterocycles. The number of ether oxygens (including phenoxy) is 1. The fourth-order valence-electron chi connectivity index (χ4n) is 2.50. The van der Waals surface area contributed by atoms with Crippen LogP contribution in [-0.2, 0) is 16.6 Å². The molecule has 30 heavy (non-hydrogen) atoms. The number of nitrogens with two attached hydrogens (primary N) is 1. The molecule has 3 rings (SSSR count). The van der Waals surface area contributed by atoms with Gasteiger partial charge in [0, 0.05) is 6.07 Å². The normalized spacial score (nSPS) is 11.4. The molecule has 3 aromatic carbocycles. The van der Waals surface area contributed by atoms with Crippen LogP contribution in [0.1, 0.15) is 11.1 Å². The van der Waals surface area contributed by atoms with Gasteiger partial charge in [-0.2, -0.15) is 5.10 Å². The molecule has 0 amide bonds. The van der Waals surface area contributed by atoms with E-state index >= 15 is 0 Å². The number of primary sulfonamides is 1. The van der Waals surface area contributed by atoms with Crippen LogP contribution in [0.2, 0.25) is 0 Å². The number of rotatable bonds is 8. The second kappa shape index (κ2) is 9.16. The van der Waals surface area contributed by atoms with E-state index in [2.05, 4.69) is 10.5 Å². The van der Waals surface area contributed by atoms with Crippen molar-refractivity contribution in [1.29, 1.82) is 0 Å². The van der Waals surface area contributed by atoms with Crippen molar-refractivity contribution in [2.24, 2.45) is 10.2 Å². The summed E-state index contributed by atoms with van der Waals surface area (Å²) in [6, 6.07) is 20.2. The molecule has 0 bridgehead atoms. The van der Waals surface area contributed by atoms with E-state index in [1.54, 1.807) is 24.3 Å². The summed E-state index contributed by atoms with van der Waals surface area (Å²) in [5, 5.41) is 20.2. The van der Waals surface area contributed by atoms with Gasteiger partial charge in [0.2, 0.25) is 10.0 Å². The predicted molar refractivity (Wildman–Crippen MR) is 113 cm³/mol. The zero-order valence-corrected chi connectivity index (χ0v) is 16.5. The smallest absolute Gasteiger partial charge is 0.295 e. The lowest BCUT2D eigenvalue weighted by Crippen LogP contribution is -2.12. The molecule has 0 spiro atoms. The topological polar surface area (TPSA) is 137 Å². The lowest BCUT2D eigenvalue weighted by Gasteiger charge is -2.06. The predicted octanol–water partition coefficient (Wildman–Crippen LogP) is 3.27. The maximum absolute atomic E-state index is 11.4. The number of nitro benzene ring substituents is 1. The third-order valence-corrected chi connectivity index (χ3v) is 4.93. The van der Waals surface area contributed by atoms with Gasteiger partial charge in [-0.1, -0.05) is 30.3 Å². The van der Waals surface area contributed by atoms with Gasteiger partial charge in [0.1, 0.15) is 18.0 Å². The summed E-state index contributed by atoms with van der Waals surface area (Å²) in [7, 11) is -4.05. The monoisotopic (exact) mass is 426 g/mol. The SMILES string of the molecule is NS(=O)(=O)c1ccc(NN=Cc2ccc(OCc3ccccc3)cc2)c([N+](=O)[O-])c1. The summed E-state index contributed by atoms with van der Waals surface area (Å²) in [5.41, 5.74) is 3.91. The van der Waals surface area contributed by atoms with Gasteiger partial charge in [-0.15, -0.1) is 0 Å².